The van der Waals surface area contributed by atoms with Crippen LogP contribution in [0.3, 0.4) is 0 Å². The number of benzene rings is 2. The summed E-state index contributed by atoms with van der Waals surface area (Å²) in [6.07, 6.45) is 2.64. The number of hydrogen-bond donors (Lipinski definition) is 3. The van der Waals surface area contributed by atoms with Gasteiger partial charge in [-0.15, -0.1) is 11.8 Å². The number of rotatable bonds is 10. The smallest absolute Gasteiger partial charge is 0.352 e. The van der Waals surface area contributed by atoms with Crippen LogP contribution in [0.4, 0.5) is 13.2 Å². The van der Waals surface area contributed by atoms with E-state index in [1.54, 1.807) is 24.3 Å². The number of sulfone groups is 1. The zero-order valence-corrected chi connectivity index (χ0v) is 23.8. The summed E-state index contributed by atoms with van der Waals surface area (Å²) in [5.74, 6) is -1.81. The molecule has 2 fully saturated rings. The fourth-order valence-corrected chi connectivity index (χ4v) is 7.30. The fraction of sp³-hybridized carbons (Fsp3) is 0.500. The largest absolute Gasteiger partial charge is 0.416 e. The van der Waals surface area contributed by atoms with E-state index in [-0.39, 0.29) is 28.2 Å². The van der Waals surface area contributed by atoms with Crippen LogP contribution in [0.25, 0.3) is 0 Å². The number of thioether (sulfide) groups is 1. The molecule has 3 N–H and O–H groups in total. The molecule has 218 valence electrons. The maximum absolute atomic E-state index is 13.3. The maximum Gasteiger partial charge on any atom is 0.416 e. The Bertz CT molecular complexity index is 1300. The van der Waals surface area contributed by atoms with E-state index in [0.717, 1.165) is 42.4 Å². The van der Waals surface area contributed by atoms with Gasteiger partial charge >= 0.3 is 6.18 Å². The second-order valence-corrected chi connectivity index (χ2v) is 13.4. The van der Waals surface area contributed by atoms with Gasteiger partial charge in [-0.1, -0.05) is 12.5 Å². The van der Waals surface area contributed by atoms with Crippen LogP contribution in [0, 0.1) is 5.92 Å². The number of hydrogen-bond acceptors (Lipinski definition) is 6. The zero-order valence-electron chi connectivity index (χ0n) is 22.2. The molecule has 2 amide bonds. The van der Waals surface area contributed by atoms with E-state index < -0.39 is 46.0 Å². The number of carbonyl (C=O) groups excluding carboxylic acids is 2. The van der Waals surface area contributed by atoms with Gasteiger partial charge in [-0.05, 0) is 86.7 Å². The number of alkyl halides is 3. The summed E-state index contributed by atoms with van der Waals surface area (Å²) in [6, 6.07) is 10.9. The van der Waals surface area contributed by atoms with E-state index in [0.29, 0.717) is 18.9 Å². The molecule has 0 radical (unpaired) electrons. The molecule has 2 aliphatic carbocycles. The first-order valence-corrected chi connectivity index (χ1v) is 16.2. The number of halogens is 3. The summed E-state index contributed by atoms with van der Waals surface area (Å²) in [7, 11) is -3.62. The van der Waals surface area contributed by atoms with Crippen LogP contribution in [0.1, 0.15) is 54.4 Å². The average molecular weight is 598 g/mol. The monoisotopic (exact) mass is 597 g/mol. The minimum atomic E-state index is -4.59. The Kier molecular flexibility index (Phi) is 9.84. The third-order valence-corrected chi connectivity index (χ3v) is 10.2. The molecule has 0 heterocycles. The minimum Gasteiger partial charge on any atom is -0.352 e. The molecule has 40 heavy (non-hydrogen) atoms. The van der Waals surface area contributed by atoms with Gasteiger partial charge in [-0.2, -0.15) is 13.2 Å². The van der Waals surface area contributed by atoms with Crippen molar-refractivity contribution in [3.8, 4) is 0 Å². The van der Waals surface area contributed by atoms with Crippen molar-refractivity contribution in [2.45, 2.75) is 72.6 Å². The van der Waals surface area contributed by atoms with Crippen molar-refractivity contribution >= 4 is 33.4 Å². The van der Waals surface area contributed by atoms with Crippen molar-refractivity contribution in [3.05, 3.63) is 59.7 Å². The number of carbonyl (C=O) groups is 2. The average Bonchev–Trinajstić information content (AvgIpc) is 2.90. The molecule has 0 aromatic heterocycles. The normalized spacial score (nSPS) is 21.9. The molecule has 7 nitrogen and oxygen atoms in total. The topological polar surface area (TPSA) is 104 Å². The lowest BCUT2D eigenvalue weighted by Gasteiger charge is -2.40. The Morgan fingerprint density at radius 2 is 1.73 bits per heavy atom. The summed E-state index contributed by atoms with van der Waals surface area (Å²) in [5, 5.41) is 8.87. The van der Waals surface area contributed by atoms with Crippen LogP contribution in [0.2, 0.25) is 0 Å². The lowest BCUT2D eigenvalue weighted by molar-refractivity contribution is -0.137. The summed E-state index contributed by atoms with van der Waals surface area (Å²) >= 11 is 1.52. The molecule has 12 heteroatoms. The molecule has 4 rings (SSSR count). The molecule has 2 aromatic carbocycles. The van der Waals surface area contributed by atoms with Gasteiger partial charge in [-0.3, -0.25) is 9.59 Å². The molecule has 3 atom stereocenters. The first kappa shape index (κ1) is 30.4. The van der Waals surface area contributed by atoms with Crippen LogP contribution >= 0.6 is 11.8 Å². The van der Waals surface area contributed by atoms with Gasteiger partial charge in [0.15, 0.2) is 9.84 Å². The van der Waals surface area contributed by atoms with Crippen molar-refractivity contribution in [1.82, 2.24) is 16.0 Å². The van der Waals surface area contributed by atoms with Gasteiger partial charge in [0.1, 0.15) is 0 Å². The SMILES string of the molecule is CSc1ccc(S(=O)(=O)C[C@H]2C[C@@H](NC3CCC3)CC[C@@H]2NC(=O)CNC(=O)c2cccc(C(F)(F)F)c2)cc1. The second kappa shape index (κ2) is 12.9. The summed E-state index contributed by atoms with van der Waals surface area (Å²) in [5.41, 5.74) is -1.16. The minimum absolute atomic E-state index is 0.129. The summed E-state index contributed by atoms with van der Waals surface area (Å²) < 4.78 is 65.6. The lowest BCUT2D eigenvalue weighted by Crippen LogP contribution is -2.53. The van der Waals surface area contributed by atoms with Gasteiger partial charge in [0.25, 0.3) is 5.91 Å². The van der Waals surface area contributed by atoms with Crippen LogP contribution in [0.15, 0.2) is 58.3 Å². The van der Waals surface area contributed by atoms with Crippen molar-refractivity contribution in [1.29, 1.82) is 0 Å². The quantitative estimate of drug-likeness (QED) is 0.350. The fourth-order valence-electron chi connectivity index (χ4n) is 5.22. The van der Waals surface area contributed by atoms with Gasteiger partial charge in [0.05, 0.1) is 22.8 Å². The molecule has 0 aliphatic heterocycles. The van der Waals surface area contributed by atoms with Crippen LogP contribution in [0.5, 0.6) is 0 Å². The zero-order chi connectivity index (χ0) is 28.9. The lowest BCUT2D eigenvalue weighted by atomic mass is 9.81. The predicted molar refractivity (Wildman–Crippen MR) is 148 cm³/mol. The molecule has 0 bridgehead atoms. The molecule has 2 saturated carbocycles. The van der Waals surface area contributed by atoms with Gasteiger partial charge < -0.3 is 16.0 Å². The van der Waals surface area contributed by atoms with E-state index >= 15 is 0 Å². The van der Waals surface area contributed by atoms with Crippen molar-refractivity contribution < 1.29 is 31.2 Å². The third-order valence-electron chi connectivity index (χ3n) is 7.62. The van der Waals surface area contributed by atoms with E-state index in [2.05, 4.69) is 16.0 Å². The summed E-state index contributed by atoms with van der Waals surface area (Å²) in [6.45, 7) is -0.440. The number of amides is 2. The second-order valence-electron chi connectivity index (χ2n) is 10.5. The highest BCUT2D eigenvalue weighted by atomic mass is 32.2. The molecule has 2 aromatic rings. The van der Waals surface area contributed by atoms with Crippen LogP contribution in [-0.4, -0.2) is 56.9 Å². The predicted octanol–water partition coefficient (Wildman–Crippen LogP) is 4.43. The third kappa shape index (κ3) is 8.01. The van der Waals surface area contributed by atoms with Crippen LogP contribution in [-0.2, 0) is 20.8 Å². The highest BCUT2D eigenvalue weighted by Gasteiger charge is 2.36. The Balaban J connectivity index is 1.40. The van der Waals surface area contributed by atoms with Gasteiger partial charge in [0.2, 0.25) is 5.91 Å². The molecule has 0 spiro atoms. The molecule has 0 saturated heterocycles. The van der Waals surface area contributed by atoms with Crippen molar-refractivity contribution in [2.75, 3.05) is 18.6 Å². The van der Waals surface area contributed by atoms with Gasteiger partial charge in [-0.25, -0.2) is 8.42 Å². The highest BCUT2D eigenvalue weighted by molar-refractivity contribution is 7.98. The Morgan fingerprint density at radius 1 is 1.00 bits per heavy atom. The highest BCUT2D eigenvalue weighted by Crippen LogP contribution is 2.31. The number of nitrogens with one attached hydrogen (secondary N) is 3. The Morgan fingerprint density at radius 3 is 2.35 bits per heavy atom. The maximum atomic E-state index is 13.3. The van der Waals surface area contributed by atoms with E-state index in [1.165, 1.54) is 24.2 Å². The molecule has 2 aliphatic rings. The molecular weight excluding hydrogens is 563 g/mol. The van der Waals surface area contributed by atoms with E-state index in [4.69, 9.17) is 0 Å². The Hall–Kier alpha value is -2.57. The van der Waals surface area contributed by atoms with Crippen molar-refractivity contribution in [3.63, 3.8) is 0 Å². The summed E-state index contributed by atoms with van der Waals surface area (Å²) in [4.78, 5) is 26.4. The van der Waals surface area contributed by atoms with Crippen molar-refractivity contribution in [2.24, 2.45) is 5.92 Å². The first-order chi connectivity index (χ1) is 18.9. The Labute approximate surface area is 237 Å². The first-order valence-electron chi connectivity index (χ1n) is 13.3. The van der Waals surface area contributed by atoms with Crippen LogP contribution < -0.4 is 16.0 Å². The van der Waals surface area contributed by atoms with E-state index in [1.807, 2.05) is 6.26 Å². The standard InChI is InChI=1S/C28H34F3N3O4S2/c1-39-23-9-11-24(12-10-23)40(37,38)17-19-15-22(33-21-6-3-7-21)8-13-25(19)34-26(35)16-32-27(36)18-4-2-5-20(14-18)28(29,30)31/h2,4-5,9-12,14,19,21-22,25,33H,3,6-8,13,15-17H2,1H3,(H,32,36)(H,34,35)/t19-,22+,25+/m1/s1. The molecular formula is C28H34F3N3O4S2. The van der Waals surface area contributed by atoms with E-state index in [9.17, 15) is 31.2 Å². The molecule has 0 unspecified atom stereocenters. The van der Waals surface area contributed by atoms with Gasteiger partial charge in [0, 0.05) is 28.6 Å².